The molecule has 2 aromatic carbocycles. The number of nitrogens with zero attached hydrogens (tertiary/aromatic N) is 1. The molecule has 21 heavy (non-hydrogen) atoms. The Morgan fingerprint density at radius 2 is 1.81 bits per heavy atom. The molecular formula is C18H19NO2. The fourth-order valence-corrected chi connectivity index (χ4v) is 2.74. The fourth-order valence-electron chi connectivity index (χ4n) is 2.74. The Bertz CT molecular complexity index is 757. The standard InChI is InChI=1S/C18H19NO2/c1-13-11-15-12-17(21-2)7-8-18(15)19(13)16-5-3-14(4-6-16)9-10-20/h3-8,11-12,20H,9-10H2,1-2H3. The van der Waals surface area contributed by atoms with Crippen molar-refractivity contribution >= 4 is 10.9 Å². The molecule has 0 aliphatic rings. The van der Waals surface area contributed by atoms with Gasteiger partial charge >= 0.3 is 0 Å². The second-order valence-electron chi connectivity index (χ2n) is 5.19. The molecule has 3 aromatic rings. The van der Waals surface area contributed by atoms with Gasteiger partial charge in [-0.1, -0.05) is 12.1 Å². The van der Waals surface area contributed by atoms with E-state index >= 15 is 0 Å². The number of aryl methyl sites for hydroxylation is 1. The Labute approximate surface area is 124 Å². The van der Waals surface area contributed by atoms with E-state index in [1.165, 1.54) is 16.6 Å². The van der Waals surface area contributed by atoms with Crippen LogP contribution in [0.1, 0.15) is 11.3 Å². The highest BCUT2D eigenvalue weighted by molar-refractivity contribution is 5.84. The van der Waals surface area contributed by atoms with Gasteiger partial charge < -0.3 is 14.4 Å². The van der Waals surface area contributed by atoms with Crippen LogP contribution in [0, 0.1) is 6.92 Å². The minimum atomic E-state index is 0.185. The molecule has 0 amide bonds. The Kier molecular flexibility index (Phi) is 3.67. The van der Waals surface area contributed by atoms with Gasteiger partial charge in [0, 0.05) is 23.4 Å². The second kappa shape index (κ2) is 5.62. The van der Waals surface area contributed by atoms with Crippen LogP contribution in [0.4, 0.5) is 0 Å². The van der Waals surface area contributed by atoms with Crippen LogP contribution in [0.15, 0.2) is 48.5 Å². The summed E-state index contributed by atoms with van der Waals surface area (Å²) in [6.45, 7) is 2.29. The van der Waals surface area contributed by atoms with Crippen LogP contribution < -0.4 is 4.74 Å². The van der Waals surface area contributed by atoms with Crippen LogP contribution in [-0.4, -0.2) is 23.4 Å². The summed E-state index contributed by atoms with van der Waals surface area (Å²) >= 11 is 0. The first-order valence-electron chi connectivity index (χ1n) is 7.09. The summed E-state index contributed by atoms with van der Waals surface area (Å²) in [6.07, 6.45) is 0.697. The lowest BCUT2D eigenvalue weighted by Gasteiger charge is -2.10. The van der Waals surface area contributed by atoms with Crippen LogP contribution in [0.25, 0.3) is 16.6 Å². The molecule has 1 N–H and O–H groups in total. The van der Waals surface area contributed by atoms with Gasteiger partial charge in [-0.15, -0.1) is 0 Å². The Balaban J connectivity index is 2.08. The van der Waals surface area contributed by atoms with Crippen molar-refractivity contribution in [3.05, 3.63) is 59.8 Å². The monoisotopic (exact) mass is 281 g/mol. The normalized spacial score (nSPS) is 11.0. The van der Waals surface area contributed by atoms with Gasteiger partial charge in [-0.3, -0.25) is 0 Å². The van der Waals surface area contributed by atoms with Crippen molar-refractivity contribution in [2.75, 3.05) is 13.7 Å². The maximum Gasteiger partial charge on any atom is 0.119 e. The van der Waals surface area contributed by atoms with Crippen molar-refractivity contribution in [1.29, 1.82) is 0 Å². The maximum atomic E-state index is 8.99. The summed E-state index contributed by atoms with van der Waals surface area (Å²) in [6, 6.07) is 16.6. The van der Waals surface area contributed by atoms with Gasteiger partial charge in [-0.05, 0) is 55.3 Å². The minimum Gasteiger partial charge on any atom is -0.497 e. The van der Waals surface area contributed by atoms with E-state index in [1.807, 2.05) is 6.07 Å². The fraction of sp³-hybridized carbons (Fsp3) is 0.222. The number of hydrogen-bond acceptors (Lipinski definition) is 2. The van der Waals surface area contributed by atoms with Gasteiger partial charge in [-0.25, -0.2) is 0 Å². The molecule has 3 nitrogen and oxygen atoms in total. The summed E-state index contributed by atoms with van der Waals surface area (Å²) in [5, 5.41) is 10.2. The molecule has 0 aliphatic carbocycles. The SMILES string of the molecule is COc1ccc2c(c1)cc(C)n2-c1ccc(CCO)cc1. The average Bonchev–Trinajstić information content (AvgIpc) is 2.83. The van der Waals surface area contributed by atoms with Gasteiger partial charge in [0.05, 0.1) is 12.6 Å². The average molecular weight is 281 g/mol. The lowest BCUT2D eigenvalue weighted by Crippen LogP contribution is -1.97. The zero-order valence-electron chi connectivity index (χ0n) is 12.3. The Hall–Kier alpha value is -2.26. The number of methoxy groups -OCH3 is 1. The highest BCUT2D eigenvalue weighted by atomic mass is 16.5. The molecule has 0 fully saturated rings. The number of benzene rings is 2. The number of hydrogen-bond donors (Lipinski definition) is 1. The molecule has 1 heterocycles. The first-order chi connectivity index (χ1) is 10.2. The largest absolute Gasteiger partial charge is 0.497 e. The van der Waals surface area contributed by atoms with E-state index in [0.717, 1.165) is 17.0 Å². The molecule has 0 unspecified atom stereocenters. The molecule has 3 heteroatoms. The first-order valence-corrected chi connectivity index (χ1v) is 7.09. The molecule has 0 bridgehead atoms. The van der Waals surface area contributed by atoms with Crippen LogP contribution in [0.3, 0.4) is 0 Å². The predicted molar refractivity (Wildman–Crippen MR) is 85.4 cm³/mol. The van der Waals surface area contributed by atoms with Gasteiger partial charge in [0.15, 0.2) is 0 Å². The third-order valence-electron chi connectivity index (χ3n) is 3.79. The van der Waals surface area contributed by atoms with Crippen molar-refractivity contribution < 1.29 is 9.84 Å². The number of rotatable bonds is 4. The van der Waals surface area contributed by atoms with Crippen molar-refractivity contribution in [1.82, 2.24) is 4.57 Å². The molecule has 1 aromatic heterocycles. The number of aliphatic hydroxyl groups excluding tert-OH is 1. The molecule has 0 aliphatic heterocycles. The third-order valence-corrected chi connectivity index (χ3v) is 3.79. The predicted octanol–water partition coefficient (Wildman–Crippen LogP) is 3.48. The summed E-state index contributed by atoms with van der Waals surface area (Å²) < 4.78 is 7.52. The van der Waals surface area contributed by atoms with E-state index in [4.69, 9.17) is 9.84 Å². The first kappa shape index (κ1) is 13.7. The molecule has 0 saturated heterocycles. The Morgan fingerprint density at radius 3 is 2.48 bits per heavy atom. The summed E-state index contributed by atoms with van der Waals surface area (Å²) in [7, 11) is 1.69. The third kappa shape index (κ3) is 2.52. The van der Waals surface area contributed by atoms with Gasteiger partial charge in [0.2, 0.25) is 0 Å². The topological polar surface area (TPSA) is 34.4 Å². The zero-order chi connectivity index (χ0) is 14.8. The van der Waals surface area contributed by atoms with Crippen molar-refractivity contribution in [3.8, 4) is 11.4 Å². The van der Waals surface area contributed by atoms with Crippen LogP contribution in [-0.2, 0) is 6.42 Å². The number of aliphatic hydroxyl groups is 1. The molecule has 3 rings (SSSR count). The molecule has 108 valence electrons. The molecular weight excluding hydrogens is 262 g/mol. The molecule has 0 spiro atoms. The van der Waals surface area contributed by atoms with E-state index in [-0.39, 0.29) is 6.61 Å². The number of aromatic nitrogens is 1. The van der Waals surface area contributed by atoms with E-state index in [9.17, 15) is 0 Å². The quantitative estimate of drug-likeness (QED) is 0.794. The number of fused-ring (bicyclic) bond motifs is 1. The zero-order valence-corrected chi connectivity index (χ0v) is 12.3. The van der Waals surface area contributed by atoms with Crippen molar-refractivity contribution in [3.63, 3.8) is 0 Å². The van der Waals surface area contributed by atoms with E-state index in [0.29, 0.717) is 6.42 Å². The minimum absolute atomic E-state index is 0.185. The maximum absolute atomic E-state index is 8.99. The van der Waals surface area contributed by atoms with Crippen molar-refractivity contribution in [2.24, 2.45) is 0 Å². The summed E-state index contributed by atoms with van der Waals surface area (Å²) in [5.74, 6) is 0.873. The summed E-state index contributed by atoms with van der Waals surface area (Å²) in [4.78, 5) is 0. The van der Waals surface area contributed by atoms with Crippen LogP contribution >= 0.6 is 0 Å². The smallest absolute Gasteiger partial charge is 0.119 e. The Morgan fingerprint density at radius 1 is 1.05 bits per heavy atom. The van der Waals surface area contributed by atoms with Crippen LogP contribution in [0.2, 0.25) is 0 Å². The van der Waals surface area contributed by atoms with Crippen LogP contribution in [0.5, 0.6) is 5.75 Å². The molecule has 0 radical (unpaired) electrons. The van der Waals surface area contributed by atoms with Gasteiger partial charge in [0.1, 0.15) is 5.75 Å². The highest BCUT2D eigenvalue weighted by Gasteiger charge is 2.08. The van der Waals surface area contributed by atoms with E-state index < -0.39 is 0 Å². The lowest BCUT2D eigenvalue weighted by atomic mass is 10.1. The highest BCUT2D eigenvalue weighted by Crippen LogP contribution is 2.27. The number of ether oxygens (including phenoxy) is 1. The lowest BCUT2D eigenvalue weighted by molar-refractivity contribution is 0.299. The molecule has 0 atom stereocenters. The van der Waals surface area contributed by atoms with E-state index in [2.05, 4.69) is 54.0 Å². The van der Waals surface area contributed by atoms with E-state index in [1.54, 1.807) is 7.11 Å². The van der Waals surface area contributed by atoms with Gasteiger partial charge in [0.25, 0.3) is 0 Å². The van der Waals surface area contributed by atoms with Crippen molar-refractivity contribution in [2.45, 2.75) is 13.3 Å². The molecule has 0 saturated carbocycles. The second-order valence-corrected chi connectivity index (χ2v) is 5.19. The van der Waals surface area contributed by atoms with Gasteiger partial charge in [-0.2, -0.15) is 0 Å². The summed E-state index contributed by atoms with van der Waals surface area (Å²) in [5.41, 5.74) is 4.64.